The molecule has 1 aliphatic carbocycles. The van der Waals surface area contributed by atoms with Crippen molar-refractivity contribution in [3.63, 3.8) is 0 Å². The van der Waals surface area contributed by atoms with Crippen LogP contribution in [0.15, 0.2) is 24.3 Å². The Hall–Kier alpha value is -1.06. The molecule has 0 spiro atoms. The first-order valence-electron chi connectivity index (χ1n) is 7.27. The van der Waals surface area contributed by atoms with Gasteiger partial charge in [0, 0.05) is 19.0 Å². The number of fused-ring (bicyclic) bond motifs is 1. The van der Waals surface area contributed by atoms with Gasteiger partial charge in [0.25, 0.3) is 0 Å². The van der Waals surface area contributed by atoms with Crippen LogP contribution in [0.5, 0.6) is 0 Å². The zero-order chi connectivity index (χ0) is 13.8. The predicted molar refractivity (Wildman–Crippen MR) is 85.0 cm³/mol. The van der Waals surface area contributed by atoms with Crippen molar-refractivity contribution in [2.45, 2.75) is 39.2 Å². The van der Waals surface area contributed by atoms with E-state index in [1.807, 2.05) is 11.8 Å². The molecule has 1 aromatic carbocycles. The van der Waals surface area contributed by atoms with E-state index in [1.165, 1.54) is 11.1 Å². The van der Waals surface area contributed by atoms with Crippen molar-refractivity contribution in [1.82, 2.24) is 4.90 Å². The number of nitrogens with two attached hydrogens (primary N) is 1. The molecule has 2 atom stereocenters. The van der Waals surface area contributed by atoms with Crippen molar-refractivity contribution in [2.75, 3.05) is 13.1 Å². The number of benzene rings is 1. The average molecular weight is 297 g/mol. The Morgan fingerprint density at radius 2 is 2.15 bits per heavy atom. The van der Waals surface area contributed by atoms with Gasteiger partial charge in [-0.15, -0.1) is 12.4 Å². The molecule has 0 heterocycles. The molecular weight excluding hydrogens is 272 g/mol. The van der Waals surface area contributed by atoms with Gasteiger partial charge in [0.1, 0.15) is 0 Å². The molecule has 1 aromatic rings. The second-order valence-electron chi connectivity index (χ2n) is 5.42. The summed E-state index contributed by atoms with van der Waals surface area (Å²) in [6, 6.07) is 8.73. The van der Waals surface area contributed by atoms with Crippen LogP contribution in [-0.2, 0) is 11.2 Å². The van der Waals surface area contributed by atoms with Crippen molar-refractivity contribution in [2.24, 2.45) is 11.7 Å². The fraction of sp³-hybridized carbons (Fsp3) is 0.562. The van der Waals surface area contributed by atoms with Crippen LogP contribution >= 0.6 is 12.4 Å². The number of rotatable bonds is 5. The summed E-state index contributed by atoms with van der Waals surface area (Å²) in [7, 11) is 0. The first-order valence-corrected chi connectivity index (χ1v) is 7.27. The van der Waals surface area contributed by atoms with Crippen LogP contribution in [0.1, 0.15) is 43.9 Å². The molecule has 20 heavy (non-hydrogen) atoms. The second-order valence-corrected chi connectivity index (χ2v) is 5.42. The van der Waals surface area contributed by atoms with Gasteiger partial charge in [0.2, 0.25) is 5.91 Å². The molecule has 4 heteroatoms. The SMILES string of the molecule is CCCN(C(=O)C(C)CN)C1CCc2ccccc21.Cl. The zero-order valence-corrected chi connectivity index (χ0v) is 13.2. The van der Waals surface area contributed by atoms with Gasteiger partial charge in [-0.25, -0.2) is 0 Å². The van der Waals surface area contributed by atoms with Crippen LogP contribution in [0, 0.1) is 5.92 Å². The fourth-order valence-corrected chi connectivity index (χ4v) is 2.90. The van der Waals surface area contributed by atoms with E-state index in [0.29, 0.717) is 6.54 Å². The van der Waals surface area contributed by atoms with Gasteiger partial charge < -0.3 is 10.6 Å². The summed E-state index contributed by atoms with van der Waals surface area (Å²) in [5, 5.41) is 0. The standard InChI is InChI=1S/C16H24N2O.ClH/c1-3-10-18(16(19)12(2)11-17)15-9-8-13-6-4-5-7-14(13)15;/h4-7,12,15H,3,8-11,17H2,1-2H3;1H. The van der Waals surface area contributed by atoms with E-state index in [-0.39, 0.29) is 30.3 Å². The van der Waals surface area contributed by atoms with E-state index in [9.17, 15) is 4.79 Å². The minimum Gasteiger partial charge on any atom is -0.335 e. The lowest BCUT2D eigenvalue weighted by molar-refractivity contribution is -0.137. The highest BCUT2D eigenvalue weighted by Crippen LogP contribution is 2.36. The number of hydrogen-bond donors (Lipinski definition) is 1. The summed E-state index contributed by atoms with van der Waals surface area (Å²) < 4.78 is 0. The maximum atomic E-state index is 12.5. The smallest absolute Gasteiger partial charge is 0.227 e. The molecule has 1 aliphatic rings. The van der Waals surface area contributed by atoms with Crippen molar-refractivity contribution in [3.8, 4) is 0 Å². The molecule has 2 N–H and O–H groups in total. The molecule has 2 rings (SSSR count). The monoisotopic (exact) mass is 296 g/mol. The minimum absolute atomic E-state index is 0. The normalized spacial score (nSPS) is 18.1. The lowest BCUT2D eigenvalue weighted by atomic mass is 10.0. The molecular formula is C16H25ClN2O. The highest BCUT2D eigenvalue weighted by Gasteiger charge is 2.31. The summed E-state index contributed by atoms with van der Waals surface area (Å²) in [5.74, 6) is 0.116. The van der Waals surface area contributed by atoms with Gasteiger partial charge in [0.15, 0.2) is 0 Å². The Morgan fingerprint density at radius 1 is 1.45 bits per heavy atom. The summed E-state index contributed by atoms with van der Waals surface area (Å²) in [4.78, 5) is 14.6. The van der Waals surface area contributed by atoms with Gasteiger partial charge in [-0.1, -0.05) is 38.1 Å². The zero-order valence-electron chi connectivity index (χ0n) is 12.3. The molecule has 2 unspecified atom stereocenters. The molecule has 0 fully saturated rings. The highest BCUT2D eigenvalue weighted by atomic mass is 35.5. The Kier molecular flexibility index (Phi) is 6.50. The van der Waals surface area contributed by atoms with Gasteiger partial charge in [-0.2, -0.15) is 0 Å². The van der Waals surface area contributed by atoms with Crippen LogP contribution in [0.3, 0.4) is 0 Å². The molecule has 0 radical (unpaired) electrons. The van der Waals surface area contributed by atoms with Gasteiger partial charge in [0.05, 0.1) is 6.04 Å². The third kappa shape index (κ3) is 3.33. The van der Waals surface area contributed by atoms with Gasteiger partial charge in [-0.05, 0) is 30.4 Å². The molecule has 1 amide bonds. The fourth-order valence-electron chi connectivity index (χ4n) is 2.90. The first-order chi connectivity index (χ1) is 9.19. The molecule has 0 saturated heterocycles. The van der Waals surface area contributed by atoms with Gasteiger partial charge >= 0.3 is 0 Å². The van der Waals surface area contributed by atoms with Crippen LogP contribution in [0.4, 0.5) is 0 Å². The number of aryl methyl sites for hydroxylation is 1. The number of carbonyl (C=O) groups excluding carboxylic acids is 1. The van der Waals surface area contributed by atoms with Crippen molar-refractivity contribution in [3.05, 3.63) is 35.4 Å². The number of halogens is 1. The molecule has 0 aliphatic heterocycles. The third-order valence-corrected chi connectivity index (χ3v) is 4.00. The van der Waals surface area contributed by atoms with Gasteiger partial charge in [-0.3, -0.25) is 4.79 Å². The van der Waals surface area contributed by atoms with E-state index >= 15 is 0 Å². The Balaban J connectivity index is 0.00000200. The van der Waals surface area contributed by atoms with E-state index in [4.69, 9.17) is 5.73 Å². The Morgan fingerprint density at radius 3 is 2.80 bits per heavy atom. The predicted octanol–water partition coefficient (Wildman–Crippen LogP) is 2.93. The lowest BCUT2D eigenvalue weighted by Crippen LogP contribution is -2.40. The number of amides is 1. The molecule has 0 saturated carbocycles. The Labute approximate surface area is 127 Å². The minimum atomic E-state index is -0.0840. The molecule has 3 nitrogen and oxygen atoms in total. The second kappa shape index (κ2) is 7.65. The van der Waals surface area contributed by atoms with Crippen molar-refractivity contribution < 1.29 is 4.79 Å². The first kappa shape index (κ1) is 17.0. The van der Waals surface area contributed by atoms with Crippen LogP contribution < -0.4 is 5.73 Å². The highest BCUT2D eigenvalue weighted by molar-refractivity contribution is 5.85. The summed E-state index contributed by atoms with van der Waals surface area (Å²) in [6.07, 6.45) is 3.11. The Bertz CT molecular complexity index is 450. The molecule has 0 aromatic heterocycles. The van der Waals surface area contributed by atoms with Crippen LogP contribution in [0.2, 0.25) is 0 Å². The summed E-state index contributed by atoms with van der Waals surface area (Å²) >= 11 is 0. The largest absolute Gasteiger partial charge is 0.335 e. The van der Waals surface area contributed by atoms with E-state index in [0.717, 1.165) is 25.8 Å². The average Bonchev–Trinajstić information content (AvgIpc) is 2.87. The van der Waals surface area contributed by atoms with Crippen molar-refractivity contribution >= 4 is 18.3 Å². The molecule has 112 valence electrons. The quantitative estimate of drug-likeness (QED) is 0.908. The number of hydrogen-bond acceptors (Lipinski definition) is 2. The molecule has 0 bridgehead atoms. The number of carbonyl (C=O) groups is 1. The third-order valence-electron chi connectivity index (χ3n) is 4.00. The van der Waals surface area contributed by atoms with E-state index in [2.05, 4.69) is 31.2 Å². The van der Waals surface area contributed by atoms with Crippen LogP contribution in [0.25, 0.3) is 0 Å². The van der Waals surface area contributed by atoms with Crippen LogP contribution in [-0.4, -0.2) is 23.9 Å². The summed E-state index contributed by atoms with van der Waals surface area (Å²) in [5.41, 5.74) is 8.37. The van der Waals surface area contributed by atoms with Crippen molar-refractivity contribution in [1.29, 1.82) is 0 Å². The lowest BCUT2D eigenvalue weighted by Gasteiger charge is -2.31. The van der Waals surface area contributed by atoms with E-state index in [1.54, 1.807) is 0 Å². The maximum absolute atomic E-state index is 12.5. The summed E-state index contributed by atoms with van der Waals surface area (Å²) in [6.45, 7) is 5.29. The maximum Gasteiger partial charge on any atom is 0.227 e. The van der Waals surface area contributed by atoms with E-state index < -0.39 is 0 Å². The number of nitrogens with zero attached hydrogens (tertiary/aromatic N) is 1. The topological polar surface area (TPSA) is 46.3 Å².